The number of hydrogen-bond donors (Lipinski definition) is 2. The van der Waals surface area contributed by atoms with Gasteiger partial charge in [-0.3, -0.25) is 0 Å². The van der Waals surface area contributed by atoms with Crippen LogP contribution in [-0.2, 0) is 10.8 Å². The van der Waals surface area contributed by atoms with Crippen LogP contribution in [0, 0.1) is 35.5 Å². The maximum Gasteiger partial charge on any atom is 0.127 e. The summed E-state index contributed by atoms with van der Waals surface area (Å²) in [4.78, 5) is 5.74. The molecule has 0 unspecified atom stereocenters. The number of phenolic OH excluding ortho intramolecular Hbond substituents is 2. The topological polar surface area (TPSA) is 53.4 Å². The summed E-state index contributed by atoms with van der Waals surface area (Å²) in [6.07, 6.45) is 31.1. The van der Waals surface area contributed by atoms with Crippen LogP contribution in [0.1, 0.15) is 207 Å². The number of aromatic hydroxyl groups is 2. The number of nitrogens with zero attached hydrogens (tertiary/aromatic N) is 1. The first-order chi connectivity index (χ1) is 38.0. The van der Waals surface area contributed by atoms with Crippen molar-refractivity contribution in [2.24, 2.45) is 35.5 Å². The molecule has 8 aliphatic rings. The number of unbranched alkanes of at least 4 members (excludes halogenated alkanes) is 6. The van der Waals surface area contributed by atoms with E-state index in [1.807, 2.05) is 0 Å². The van der Waals surface area contributed by atoms with E-state index >= 15 is 0 Å². The zero-order chi connectivity index (χ0) is 54.1. The third-order valence-electron chi connectivity index (χ3n) is 22.5. The maximum absolute atomic E-state index is 13.3. The van der Waals surface area contributed by atoms with Crippen molar-refractivity contribution in [3.8, 4) is 56.3 Å². The molecule has 3 nitrogen and oxygen atoms in total. The summed E-state index contributed by atoms with van der Waals surface area (Å²) < 4.78 is 0. The molecule has 8 saturated carbocycles. The van der Waals surface area contributed by atoms with Crippen molar-refractivity contribution >= 4 is 26.5 Å². The second-order valence-electron chi connectivity index (χ2n) is 27.9. The molecule has 13 rings (SSSR count). The molecule has 5 heteroatoms. The molecule has 5 aromatic rings. The Morgan fingerprint density at radius 1 is 0.372 bits per heavy atom. The van der Waals surface area contributed by atoms with Crippen LogP contribution in [-0.4, -0.2) is 31.3 Å². The second kappa shape index (κ2) is 23.9. The van der Waals surface area contributed by atoms with E-state index in [-0.39, 0.29) is 10.8 Å². The zero-order valence-electron chi connectivity index (χ0n) is 49.7. The number of benzene rings is 4. The Labute approximate surface area is 475 Å². The fourth-order valence-corrected chi connectivity index (χ4v) is 30.5. The average molecular weight is 1080 g/mol. The van der Waals surface area contributed by atoms with Gasteiger partial charge in [0.05, 0.1) is 27.5 Å². The van der Waals surface area contributed by atoms with E-state index in [2.05, 4.69) is 133 Å². The molecule has 8 fully saturated rings. The van der Waals surface area contributed by atoms with Crippen LogP contribution in [0.3, 0.4) is 0 Å². The van der Waals surface area contributed by atoms with Crippen LogP contribution < -0.4 is 10.4 Å². The number of aromatic nitrogens is 1. The Hall–Kier alpha value is -3.94. The molecule has 418 valence electrons. The summed E-state index contributed by atoms with van der Waals surface area (Å²) >= 11 is 0. The smallest absolute Gasteiger partial charge is 0.127 e. The van der Waals surface area contributed by atoms with E-state index in [1.54, 1.807) is 10.4 Å². The molecule has 0 atom stereocenters. The fraction of sp³-hybridized carbons (Fsp3) is 0.603. The van der Waals surface area contributed by atoms with Crippen LogP contribution in [0.15, 0.2) is 91.0 Å². The lowest BCUT2D eigenvalue weighted by atomic mass is 9.48. The number of pyridine rings is 1. The van der Waals surface area contributed by atoms with Crippen molar-refractivity contribution < 1.29 is 10.2 Å². The van der Waals surface area contributed by atoms with Crippen molar-refractivity contribution in [3.05, 3.63) is 102 Å². The summed E-state index contributed by atoms with van der Waals surface area (Å²) in [6.45, 7) is 14.3. The van der Waals surface area contributed by atoms with Gasteiger partial charge in [-0.05, 0) is 147 Å². The third kappa shape index (κ3) is 10.7. The van der Waals surface area contributed by atoms with Gasteiger partial charge in [-0.25, -0.2) is 4.98 Å². The SMILES string of the molecule is CCCC[Si](CCCC)(CCCC)c1cc(-c2ccccc2-c2cccc(-c3ccccc3-c3cc([Si](CCCC)(CCCC)CCCC)cc(C45CC6CC(CC(C6)C4)C5)c3O)n2)c(O)c(C23CC4CC(CC(C4)C2)C3)c1. The van der Waals surface area contributed by atoms with Crippen molar-refractivity contribution in [1.82, 2.24) is 4.98 Å². The first kappa shape index (κ1) is 55.9. The minimum Gasteiger partial charge on any atom is -0.507 e. The Kier molecular flexibility index (Phi) is 17.1. The molecule has 1 aromatic heterocycles. The molecule has 78 heavy (non-hydrogen) atoms. The summed E-state index contributed by atoms with van der Waals surface area (Å²) in [7, 11) is -3.93. The van der Waals surface area contributed by atoms with Crippen molar-refractivity contribution in [1.29, 1.82) is 0 Å². The van der Waals surface area contributed by atoms with E-state index in [0.717, 1.165) is 80.3 Å². The van der Waals surface area contributed by atoms with Crippen molar-refractivity contribution in [2.75, 3.05) is 0 Å². The largest absolute Gasteiger partial charge is 0.507 e. The monoisotopic (exact) mass is 1080 g/mol. The molecular formula is C73H101NO2Si2. The molecule has 0 aliphatic heterocycles. The number of hydrogen-bond acceptors (Lipinski definition) is 3. The Balaban J connectivity index is 1.06. The fourth-order valence-electron chi connectivity index (χ4n) is 19.3. The first-order valence-electron chi connectivity index (χ1n) is 32.9. The first-order valence-corrected chi connectivity index (χ1v) is 38.2. The van der Waals surface area contributed by atoms with Gasteiger partial charge in [-0.15, -0.1) is 0 Å². The predicted octanol–water partition coefficient (Wildman–Crippen LogP) is 20.2. The lowest BCUT2D eigenvalue weighted by molar-refractivity contribution is -0.00621. The summed E-state index contributed by atoms with van der Waals surface area (Å²) in [5, 5.41) is 29.9. The van der Waals surface area contributed by atoms with Gasteiger partial charge in [0.2, 0.25) is 0 Å². The number of phenols is 2. The quantitative estimate of drug-likeness (QED) is 0.0543. The van der Waals surface area contributed by atoms with Crippen LogP contribution in [0.5, 0.6) is 11.5 Å². The van der Waals surface area contributed by atoms with E-state index in [1.165, 1.54) is 201 Å². The summed E-state index contributed by atoms with van der Waals surface area (Å²) in [5.74, 6) is 5.91. The van der Waals surface area contributed by atoms with Crippen LogP contribution in [0.25, 0.3) is 44.8 Å². The van der Waals surface area contributed by atoms with Crippen molar-refractivity contribution in [2.45, 2.75) is 243 Å². The highest BCUT2D eigenvalue weighted by Gasteiger charge is 2.55. The molecule has 0 amide bonds. The predicted molar refractivity (Wildman–Crippen MR) is 338 cm³/mol. The summed E-state index contributed by atoms with van der Waals surface area (Å²) in [5.41, 5.74) is 11.2. The lowest BCUT2D eigenvalue weighted by Crippen LogP contribution is -2.51. The number of rotatable bonds is 26. The van der Waals surface area contributed by atoms with Gasteiger partial charge in [0.15, 0.2) is 0 Å². The molecule has 0 radical (unpaired) electrons. The zero-order valence-corrected chi connectivity index (χ0v) is 51.7. The minimum absolute atomic E-state index is 0.0728. The highest BCUT2D eigenvalue weighted by molar-refractivity contribution is 6.92. The van der Waals surface area contributed by atoms with Gasteiger partial charge in [-0.1, -0.05) is 244 Å². The molecule has 8 aliphatic carbocycles. The molecule has 1 heterocycles. The molecule has 0 spiro atoms. The normalized spacial score (nSPS) is 26.1. The third-order valence-corrected chi connectivity index (χ3v) is 33.3. The highest BCUT2D eigenvalue weighted by atomic mass is 28.3. The Morgan fingerprint density at radius 3 is 0.936 bits per heavy atom. The van der Waals surface area contributed by atoms with Crippen LogP contribution in [0.4, 0.5) is 0 Å². The van der Waals surface area contributed by atoms with Gasteiger partial charge >= 0.3 is 0 Å². The average Bonchev–Trinajstić information content (AvgIpc) is 3.64. The van der Waals surface area contributed by atoms with E-state index in [0.29, 0.717) is 11.5 Å². The van der Waals surface area contributed by atoms with E-state index < -0.39 is 16.1 Å². The lowest BCUT2D eigenvalue weighted by Gasteiger charge is -2.57. The van der Waals surface area contributed by atoms with Crippen LogP contribution >= 0.6 is 0 Å². The molecule has 4 aromatic carbocycles. The van der Waals surface area contributed by atoms with Gasteiger partial charge < -0.3 is 10.2 Å². The van der Waals surface area contributed by atoms with Crippen LogP contribution in [0.2, 0.25) is 36.3 Å². The van der Waals surface area contributed by atoms with Gasteiger partial charge in [-0.2, -0.15) is 0 Å². The Morgan fingerprint density at radius 2 is 0.654 bits per heavy atom. The van der Waals surface area contributed by atoms with Crippen molar-refractivity contribution in [3.63, 3.8) is 0 Å². The highest BCUT2D eigenvalue weighted by Crippen LogP contribution is 2.64. The minimum atomic E-state index is -1.97. The Bertz CT molecular complexity index is 2560. The molecule has 8 bridgehead atoms. The van der Waals surface area contributed by atoms with E-state index in [4.69, 9.17) is 4.98 Å². The molecule has 2 N–H and O–H groups in total. The molecular weight excluding hydrogens is 979 g/mol. The van der Waals surface area contributed by atoms with E-state index in [9.17, 15) is 10.2 Å². The van der Waals surface area contributed by atoms with Gasteiger partial charge in [0, 0.05) is 33.4 Å². The van der Waals surface area contributed by atoms with Gasteiger partial charge in [0.1, 0.15) is 11.5 Å². The summed E-state index contributed by atoms with van der Waals surface area (Å²) in [6, 6.07) is 43.1. The van der Waals surface area contributed by atoms with Gasteiger partial charge in [0.25, 0.3) is 0 Å². The second-order valence-corrected chi connectivity index (χ2v) is 37.2. The maximum atomic E-state index is 13.3. The molecule has 0 saturated heterocycles. The standard InChI is InChI=1S/C73H101NO2Si2/c1-7-13-30-77(31-14-8-2,32-15-9-3)58-42-64(70(75)66(44-58)72-46-52-36-53(47-72)38-54(37-52)48-72)60-24-19-21-26-62(60)68-28-23-29-69(74-68)63-27-22-20-25-61(63)65-43-59(78(33-16-10-4,34-17-11-5)35-18-12-6)45-67(71(65)76)73-49-55-39-56(50-73)41-57(40-55)51-73/h19-29,42-45,52-57,75-76H,7-18,30-41,46-51H2,1-6H3.